The van der Waals surface area contributed by atoms with Crippen molar-refractivity contribution in [3.8, 4) is 5.75 Å². The molecule has 0 aromatic heterocycles. The van der Waals surface area contributed by atoms with Crippen LogP contribution in [0, 0.1) is 6.92 Å². The van der Waals surface area contributed by atoms with Gasteiger partial charge in [0.05, 0.1) is 11.1 Å². The van der Waals surface area contributed by atoms with Gasteiger partial charge in [-0.25, -0.2) is 0 Å². The monoisotopic (exact) mass is 375 g/mol. The summed E-state index contributed by atoms with van der Waals surface area (Å²) < 4.78 is 8.05. The highest BCUT2D eigenvalue weighted by molar-refractivity contribution is 9.11. The van der Waals surface area contributed by atoms with Crippen molar-refractivity contribution < 1.29 is 4.74 Å². The Labute approximate surface area is 128 Å². The molecule has 0 atom stereocenters. The molecule has 0 bridgehead atoms. The first-order valence-corrected chi connectivity index (χ1v) is 8.05. The van der Waals surface area contributed by atoms with Gasteiger partial charge >= 0.3 is 0 Å². The van der Waals surface area contributed by atoms with Crippen LogP contribution < -0.4 is 4.74 Å². The Bertz CT molecular complexity index is 375. The summed E-state index contributed by atoms with van der Waals surface area (Å²) in [6, 6.07) is 4.18. The van der Waals surface area contributed by atoms with Gasteiger partial charge in [-0.1, -0.05) is 56.0 Å². The van der Waals surface area contributed by atoms with Gasteiger partial charge in [-0.15, -0.1) is 0 Å². The van der Waals surface area contributed by atoms with Crippen LogP contribution in [-0.2, 0) is 0 Å². The molecule has 0 fully saturated rings. The molecule has 0 amide bonds. The van der Waals surface area contributed by atoms with E-state index in [4.69, 9.17) is 4.74 Å². The molecule has 0 unspecified atom stereocenters. The minimum atomic E-state index is 0.452. The van der Waals surface area contributed by atoms with E-state index in [1.165, 1.54) is 18.4 Å². The van der Waals surface area contributed by atoms with Crippen molar-refractivity contribution in [1.29, 1.82) is 0 Å². The van der Waals surface area contributed by atoms with E-state index in [0.717, 1.165) is 34.1 Å². The van der Waals surface area contributed by atoms with E-state index in [0.29, 0.717) is 5.92 Å². The maximum absolute atomic E-state index is 5.94. The molecule has 0 N–H and O–H groups in total. The summed E-state index contributed by atoms with van der Waals surface area (Å²) in [7, 11) is 0. The fourth-order valence-corrected chi connectivity index (χ4v) is 3.16. The summed E-state index contributed by atoms with van der Waals surface area (Å²) in [6.45, 7) is 9.00. The van der Waals surface area contributed by atoms with Crippen molar-refractivity contribution in [3.63, 3.8) is 0 Å². The smallest absolute Gasteiger partial charge is 0.136 e. The van der Waals surface area contributed by atoms with Crippen LogP contribution in [0.15, 0.2) is 21.1 Å². The van der Waals surface area contributed by atoms with Crippen LogP contribution in [0.5, 0.6) is 5.75 Å². The SMILES string of the molecule is [CH2]CCCCCOc1c(Br)cc(Br)cc1C(C)C. The third-order valence-corrected chi connectivity index (χ3v) is 3.85. The van der Waals surface area contributed by atoms with Crippen molar-refractivity contribution >= 4 is 31.9 Å². The van der Waals surface area contributed by atoms with Gasteiger partial charge in [0.25, 0.3) is 0 Å². The maximum Gasteiger partial charge on any atom is 0.136 e. The molecule has 0 saturated heterocycles. The second kappa shape index (κ2) is 8.21. The van der Waals surface area contributed by atoms with E-state index >= 15 is 0 Å². The molecule has 1 aromatic rings. The maximum atomic E-state index is 5.94. The first kappa shape index (κ1) is 16.0. The summed E-state index contributed by atoms with van der Waals surface area (Å²) >= 11 is 7.11. The molecule has 3 heteroatoms. The topological polar surface area (TPSA) is 9.23 Å². The Balaban J connectivity index is 2.68. The number of benzene rings is 1. The number of ether oxygens (including phenoxy) is 1. The molecule has 1 radical (unpaired) electrons. The van der Waals surface area contributed by atoms with Crippen molar-refractivity contribution in [2.45, 2.75) is 45.4 Å². The van der Waals surface area contributed by atoms with E-state index in [9.17, 15) is 0 Å². The van der Waals surface area contributed by atoms with Gasteiger partial charge in [0, 0.05) is 4.47 Å². The first-order valence-electron chi connectivity index (χ1n) is 6.47. The molecule has 1 rings (SSSR count). The summed E-state index contributed by atoms with van der Waals surface area (Å²) in [4.78, 5) is 0. The van der Waals surface area contributed by atoms with Gasteiger partial charge in [0.15, 0.2) is 0 Å². The Morgan fingerprint density at radius 1 is 1.17 bits per heavy atom. The summed E-state index contributed by atoms with van der Waals surface area (Å²) in [6.07, 6.45) is 4.48. The average molecular weight is 377 g/mol. The Morgan fingerprint density at radius 3 is 2.50 bits per heavy atom. The molecule has 1 nitrogen and oxygen atoms in total. The number of hydrogen-bond acceptors (Lipinski definition) is 1. The van der Waals surface area contributed by atoms with Crippen LogP contribution in [0.3, 0.4) is 0 Å². The van der Waals surface area contributed by atoms with Crippen LogP contribution in [0.2, 0.25) is 0 Å². The zero-order valence-electron chi connectivity index (χ0n) is 11.1. The van der Waals surface area contributed by atoms with E-state index in [2.05, 4.69) is 58.7 Å². The molecule has 18 heavy (non-hydrogen) atoms. The second-order valence-corrected chi connectivity index (χ2v) is 6.49. The van der Waals surface area contributed by atoms with E-state index in [-0.39, 0.29) is 0 Å². The molecule has 1 aromatic carbocycles. The van der Waals surface area contributed by atoms with Crippen molar-refractivity contribution in [1.82, 2.24) is 0 Å². The van der Waals surface area contributed by atoms with Gasteiger partial charge in [-0.3, -0.25) is 0 Å². The molecule has 0 aliphatic rings. The van der Waals surface area contributed by atoms with Gasteiger partial charge in [-0.2, -0.15) is 0 Å². The average Bonchev–Trinajstić information content (AvgIpc) is 2.30. The van der Waals surface area contributed by atoms with E-state index in [1.807, 2.05) is 6.07 Å². The van der Waals surface area contributed by atoms with Crippen LogP contribution in [0.1, 0.15) is 51.0 Å². The minimum absolute atomic E-state index is 0.452. The molecule has 0 aliphatic carbocycles. The number of halogens is 2. The van der Waals surface area contributed by atoms with Gasteiger partial charge in [-0.05, 0) is 46.0 Å². The molecule has 0 spiro atoms. The Hall–Kier alpha value is -0.0200. The first-order chi connectivity index (χ1) is 8.56. The predicted octanol–water partition coefficient (Wildman–Crippen LogP) is 6.11. The molecule has 0 saturated carbocycles. The molecular formula is C15H21Br2O. The summed E-state index contributed by atoms with van der Waals surface area (Å²) in [5.41, 5.74) is 1.24. The predicted molar refractivity (Wildman–Crippen MR) is 85.3 cm³/mol. The quantitative estimate of drug-likeness (QED) is 0.521. The summed E-state index contributed by atoms with van der Waals surface area (Å²) in [5, 5.41) is 0. The van der Waals surface area contributed by atoms with Gasteiger partial charge < -0.3 is 4.74 Å². The van der Waals surface area contributed by atoms with E-state index in [1.54, 1.807) is 0 Å². The van der Waals surface area contributed by atoms with E-state index < -0.39 is 0 Å². The van der Waals surface area contributed by atoms with Crippen LogP contribution >= 0.6 is 31.9 Å². The van der Waals surface area contributed by atoms with Gasteiger partial charge in [0.2, 0.25) is 0 Å². The van der Waals surface area contributed by atoms with Crippen LogP contribution in [-0.4, -0.2) is 6.61 Å². The molecule has 0 aliphatic heterocycles. The van der Waals surface area contributed by atoms with Crippen molar-refractivity contribution in [3.05, 3.63) is 33.6 Å². The normalized spacial score (nSPS) is 11.0. The number of rotatable bonds is 7. The lowest BCUT2D eigenvalue weighted by molar-refractivity contribution is 0.299. The number of unbranched alkanes of at least 4 members (excludes halogenated alkanes) is 3. The minimum Gasteiger partial charge on any atom is -0.492 e. The fourth-order valence-electron chi connectivity index (χ4n) is 1.79. The third kappa shape index (κ3) is 4.93. The standard InChI is InChI=1S/C15H21Br2O/c1-4-5-6-7-8-18-15-13(11(2)3)9-12(16)10-14(15)17/h9-11H,1,4-8H2,2-3H3. The lowest BCUT2D eigenvalue weighted by atomic mass is 10.0. The van der Waals surface area contributed by atoms with Gasteiger partial charge in [0.1, 0.15) is 5.75 Å². The fraction of sp³-hybridized carbons (Fsp3) is 0.533. The number of hydrogen-bond donors (Lipinski definition) is 0. The molecule has 0 heterocycles. The van der Waals surface area contributed by atoms with Crippen molar-refractivity contribution in [2.24, 2.45) is 0 Å². The lowest BCUT2D eigenvalue weighted by Crippen LogP contribution is -2.02. The van der Waals surface area contributed by atoms with Crippen LogP contribution in [0.25, 0.3) is 0 Å². The lowest BCUT2D eigenvalue weighted by Gasteiger charge is -2.16. The largest absolute Gasteiger partial charge is 0.492 e. The molecule has 101 valence electrons. The highest BCUT2D eigenvalue weighted by Crippen LogP contribution is 2.37. The highest BCUT2D eigenvalue weighted by atomic mass is 79.9. The third-order valence-electron chi connectivity index (χ3n) is 2.80. The van der Waals surface area contributed by atoms with Crippen molar-refractivity contribution in [2.75, 3.05) is 6.61 Å². The Morgan fingerprint density at radius 2 is 1.89 bits per heavy atom. The zero-order valence-corrected chi connectivity index (χ0v) is 14.3. The highest BCUT2D eigenvalue weighted by Gasteiger charge is 2.13. The zero-order chi connectivity index (χ0) is 13.5. The second-order valence-electron chi connectivity index (χ2n) is 4.72. The molecular weight excluding hydrogens is 356 g/mol. The Kier molecular flexibility index (Phi) is 7.31. The summed E-state index contributed by atoms with van der Waals surface area (Å²) in [5.74, 6) is 1.44. The van der Waals surface area contributed by atoms with Crippen LogP contribution in [0.4, 0.5) is 0 Å².